The second-order valence-corrected chi connectivity index (χ2v) is 4.90. The van der Waals surface area contributed by atoms with Gasteiger partial charge in [-0.1, -0.05) is 18.2 Å². The van der Waals surface area contributed by atoms with Gasteiger partial charge in [-0.25, -0.2) is 4.72 Å². The maximum absolute atomic E-state index is 11.6. The first kappa shape index (κ1) is 10.1. The van der Waals surface area contributed by atoms with E-state index in [2.05, 4.69) is 4.72 Å². The molecule has 0 fully saturated rings. The SMILES string of the molecule is CNS(=O)(=O)N1C(=O)Cc2ccccc21. The van der Waals surface area contributed by atoms with Crippen LogP contribution in [0.15, 0.2) is 24.3 Å². The molecule has 1 N–H and O–H groups in total. The van der Waals surface area contributed by atoms with Crippen molar-refractivity contribution in [3.63, 3.8) is 0 Å². The molecule has 0 aliphatic carbocycles. The van der Waals surface area contributed by atoms with E-state index in [9.17, 15) is 13.2 Å². The Balaban J connectivity index is 2.56. The smallest absolute Gasteiger partial charge is 0.273 e. The summed E-state index contributed by atoms with van der Waals surface area (Å²) in [5, 5.41) is 0. The minimum Gasteiger partial charge on any atom is -0.273 e. The molecule has 5 nitrogen and oxygen atoms in total. The van der Waals surface area contributed by atoms with Gasteiger partial charge in [-0.15, -0.1) is 0 Å². The van der Waals surface area contributed by atoms with Crippen molar-refractivity contribution in [3.8, 4) is 0 Å². The molecule has 1 amide bonds. The van der Waals surface area contributed by atoms with Gasteiger partial charge in [-0.05, 0) is 11.6 Å². The van der Waals surface area contributed by atoms with Crippen molar-refractivity contribution in [2.75, 3.05) is 11.4 Å². The molecule has 0 aromatic heterocycles. The number of amides is 1. The molecule has 1 aromatic rings. The zero-order chi connectivity index (χ0) is 11.1. The average molecular weight is 226 g/mol. The number of hydrogen-bond acceptors (Lipinski definition) is 3. The van der Waals surface area contributed by atoms with Crippen molar-refractivity contribution in [2.45, 2.75) is 6.42 Å². The molecule has 0 spiro atoms. The fourth-order valence-electron chi connectivity index (χ4n) is 1.58. The summed E-state index contributed by atoms with van der Waals surface area (Å²) in [4.78, 5) is 11.5. The van der Waals surface area contributed by atoms with Crippen LogP contribution in [0.2, 0.25) is 0 Å². The molecular formula is C9H10N2O3S. The largest absolute Gasteiger partial charge is 0.307 e. The topological polar surface area (TPSA) is 66.5 Å². The Morgan fingerprint density at radius 2 is 2.00 bits per heavy atom. The van der Waals surface area contributed by atoms with Crippen molar-refractivity contribution in [3.05, 3.63) is 29.8 Å². The van der Waals surface area contributed by atoms with E-state index in [0.29, 0.717) is 5.69 Å². The molecule has 1 aromatic carbocycles. The number of carbonyl (C=O) groups excluding carboxylic acids is 1. The molecule has 1 heterocycles. The highest BCUT2D eigenvalue weighted by atomic mass is 32.2. The molecule has 2 rings (SSSR count). The molecule has 1 aliphatic rings. The number of hydrogen-bond donors (Lipinski definition) is 1. The van der Waals surface area contributed by atoms with Crippen LogP contribution in [0.25, 0.3) is 0 Å². The molecule has 80 valence electrons. The van der Waals surface area contributed by atoms with Crippen LogP contribution in [-0.2, 0) is 21.4 Å². The molecule has 0 bridgehead atoms. The predicted molar refractivity (Wildman–Crippen MR) is 55.6 cm³/mol. The molecule has 6 heteroatoms. The molecule has 0 atom stereocenters. The summed E-state index contributed by atoms with van der Waals surface area (Å²) in [5.41, 5.74) is 1.18. The first-order chi connectivity index (χ1) is 7.06. The number of carbonyl (C=O) groups is 1. The second kappa shape index (κ2) is 3.32. The van der Waals surface area contributed by atoms with E-state index < -0.39 is 16.1 Å². The Morgan fingerprint density at radius 1 is 1.33 bits per heavy atom. The second-order valence-electron chi connectivity index (χ2n) is 3.17. The van der Waals surface area contributed by atoms with Crippen LogP contribution < -0.4 is 9.03 Å². The molecule has 0 radical (unpaired) electrons. The Labute approximate surface area is 87.9 Å². The minimum absolute atomic E-state index is 0.136. The Morgan fingerprint density at radius 3 is 2.67 bits per heavy atom. The lowest BCUT2D eigenvalue weighted by Gasteiger charge is -2.16. The van der Waals surface area contributed by atoms with Crippen molar-refractivity contribution in [2.24, 2.45) is 0 Å². The average Bonchev–Trinajstić information content (AvgIpc) is 2.54. The molecule has 15 heavy (non-hydrogen) atoms. The van der Waals surface area contributed by atoms with Crippen LogP contribution >= 0.6 is 0 Å². The standard InChI is InChI=1S/C9H10N2O3S/c1-10-15(13,14)11-8-5-3-2-4-7(8)6-9(11)12/h2-5,10H,6H2,1H3. The van der Waals surface area contributed by atoms with Gasteiger partial charge in [0.15, 0.2) is 0 Å². The van der Waals surface area contributed by atoms with Gasteiger partial charge in [-0.2, -0.15) is 12.7 Å². The molecule has 0 saturated carbocycles. The predicted octanol–water partition coefficient (Wildman–Crippen LogP) is 0.0399. The van der Waals surface area contributed by atoms with Gasteiger partial charge in [0, 0.05) is 7.05 Å². The number of benzene rings is 1. The first-order valence-electron chi connectivity index (χ1n) is 4.41. The molecule has 0 saturated heterocycles. The van der Waals surface area contributed by atoms with E-state index in [0.717, 1.165) is 9.87 Å². The summed E-state index contributed by atoms with van der Waals surface area (Å²) in [6.07, 6.45) is 0.136. The molecule has 1 aliphatic heterocycles. The fourth-order valence-corrected chi connectivity index (χ4v) is 2.53. The van der Waals surface area contributed by atoms with Crippen LogP contribution in [-0.4, -0.2) is 21.4 Å². The van der Waals surface area contributed by atoms with Gasteiger partial charge >= 0.3 is 10.2 Å². The van der Waals surface area contributed by atoms with Gasteiger partial charge in [0.25, 0.3) is 0 Å². The third kappa shape index (κ3) is 1.51. The van der Waals surface area contributed by atoms with E-state index in [4.69, 9.17) is 0 Å². The highest BCUT2D eigenvalue weighted by Crippen LogP contribution is 2.29. The van der Waals surface area contributed by atoms with E-state index in [1.54, 1.807) is 24.3 Å². The number of para-hydroxylation sites is 1. The van der Waals surface area contributed by atoms with E-state index in [1.807, 2.05) is 0 Å². The van der Waals surface area contributed by atoms with Crippen LogP contribution in [0.4, 0.5) is 5.69 Å². The number of rotatable bonds is 2. The summed E-state index contributed by atoms with van der Waals surface area (Å²) in [5.74, 6) is -0.425. The van der Waals surface area contributed by atoms with Crippen LogP contribution in [0.5, 0.6) is 0 Å². The quantitative estimate of drug-likeness (QED) is 0.774. The normalized spacial score (nSPS) is 15.5. The maximum Gasteiger partial charge on any atom is 0.307 e. The zero-order valence-corrected chi connectivity index (χ0v) is 8.91. The Kier molecular flexibility index (Phi) is 2.24. The summed E-state index contributed by atoms with van der Waals surface area (Å²) in [7, 11) is -2.45. The number of nitrogens with zero attached hydrogens (tertiary/aromatic N) is 1. The number of fused-ring (bicyclic) bond motifs is 1. The number of anilines is 1. The fraction of sp³-hybridized carbons (Fsp3) is 0.222. The highest BCUT2D eigenvalue weighted by molar-refractivity contribution is 7.91. The third-order valence-corrected chi connectivity index (χ3v) is 3.67. The van der Waals surface area contributed by atoms with Gasteiger partial charge in [0.1, 0.15) is 0 Å². The van der Waals surface area contributed by atoms with E-state index in [1.165, 1.54) is 7.05 Å². The van der Waals surface area contributed by atoms with Gasteiger partial charge in [-0.3, -0.25) is 4.79 Å². The monoisotopic (exact) mass is 226 g/mol. The Hall–Kier alpha value is -1.40. The summed E-state index contributed by atoms with van der Waals surface area (Å²) >= 11 is 0. The van der Waals surface area contributed by atoms with Crippen molar-refractivity contribution < 1.29 is 13.2 Å². The summed E-state index contributed by atoms with van der Waals surface area (Å²) in [6, 6.07) is 6.85. The van der Waals surface area contributed by atoms with Crippen LogP contribution in [0.3, 0.4) is 0 Å². The third-order valence-electron chi connectivity index (χ3n) is 2.28. The minimum atomic E-state index is -3.73. The first-order valence-corrected chi connectivity index (χ1v) is 5.85. The maximum atomic E-state index is 11.6. The highest BCUT2D eigenvalue weighted by Gasteiger charge is 2.35. The van der Waals surface area contributed by atoms with E-state index >= 15 is 0 Å². The van der Waals surface area contributed by atoms with E-state index in [-0.39, 0.29) is 6.42 Å². The van der Waals surface area contributed by atoms with Crippen LogP contribution in [0.1, 0.15) is 5.56 Å². The summed E-state index contributed by atoms with van der Waals surface area (Å²) in [6.45, 7) is 0. The number of nitrogens with one attached hydrogen (secondary N) is 1. The zero-order valence-electron chi connectivity index (χ0n) is 8.10. The lowest BCUT2D eigenvalue weighted by Crippen LogP contribution is -2.40. The lowest BCUT2D eigenvalue weighted by molar-refractivity contribution is -0.116. The van der Waals surface area contributed by atoms with Crippen molar-refractivity contribution in [1.82, 2.24) is 4.72 Å². The van der Waals surface area contributed by atoms with Crippen molar-refractivity contribution in [1.29, 1.82) is 0 Å². The summed E-state index contributed by atoms with van der Waals surface area (Å²) < 4.78 is 26.1. The molecule has 0 unspecified atom stereocenters. The van der Waals surface area contributed by atoms with Gasteiger partial charge < -0.3 is 0 Å². The lowest BCUT2D eigenvalue weighted by atomic mass is 10.2. The molecular weight excluding hydrogens is 216 g/mol. The van der Waals surface area contributed by atoms with Crippen molar-refractivity contribution >= 4 is 21.8 Å². The van der Waals surface area contributed by atoms with Crippen LogP contribution in [0, 0.1) is 0 Å². The Bertz CT molecular complexity index is 510. The van der Waals surface area contributed by atoms with Gasteiger partial charge in [0.2, 0.25) is 5.91 Å². The van der Waals surface area contributed by atoms with Gasteiger partial charge in [0.05, 0.1) is 12.1 Å².